The summed E-state index contributed by atoms with van der Waals surface area (Å²) in [6.07, 6.45) is 3.12. The van der Waals surface area contributed by atoms with E-state index >= 15 is 0 Å². The zero-order chi connectivity index (χ0) is 24.1. The number of aryl methyl sites for hydroxylation is 1. The Labute approximate surface area is 199 Å². The summed E-state index contributed by atoms with van der Waals surface area (Å²) in [5.41, 5.74) is 1.89. The fourth-order valence-electron chi connectivity index (χ4n) is 3.43. The molecule has 174 valence electrons. The van der Waals surface area contributed by atoms with Gasteiger partial charge in [0.2, 0.25) is 5.88 Å². The Morgan fingerprint density at radius 2 is 2.00 bits per heavy atom. The van der Waals surface area contributed by atoms with Crippen LogP contribution in [0.2, 0.25) is 0 Å². The van der Waals surface area contributed by atoms with Gasteiger partial charge in [-0.15, -0.1) is 0 Å². The SMILES string of the molecule is Cc1nsc(Nc2ccc(C#N)cn2)c1C(=O)Nc1ccc(OC2CCN(C(=O)O)CC2)nc1. The van der Waals surface area contributed by atoms with E-state index in [-0.39, 0.29) is 12.0 Å². The molecule has 0 saturated carbocycles. The number of likely N-dealkylation sites (tertiary alicyclic amines) is 1. The Kier molecular flexibility index (Phi) is 6.84. The van der Waals surface area contributed by atoms with Crippen molar-refractivity contribution in [1.82, 2.24) is 19.2 Å². The minimum absolute atomic E-state index is 0.104. The molecule has 2 amide bonds. The Bertz CT molecular complexity index is 1210. The predicted molar refractivity (Wildman–Crippen MR) is 125 cm³/mol. The van der Waals surface area contributed by atoms with Gasteiger partial charge in [0.25, 0.3) is 5.91 Å². The van der Waals surface area contributed by atoms with Crippen LogP contribution in [0.4, 0.5) is 21.3 Å². The number of nitrogens with one attached hydrogen (secondary N) is 2. The Morgan fingerprint density at radius 1 is 1.21 bits per heavy atom. The van der Waals surface area contributed by atoms with E-state index in [2.05, 4.69) is 25.0 Å². The van der Waals surface area contributed by atoms with Gasteiger partial charge in [0, 0.05) is 38.2 Å². The first-order valence-corrected chi connectivity index (χ1v) is 11.2. The highest BCUT2D eigenvalue weighted by atomic mass is 32.1. The standard InChI is InChI=1S/C22H21N7O4S/c1-13-19(21(34-28-13)27-17-4-2-14(10-23)11-24-17)20(30)26-15-3-5-18(25-12-15)33-16-6-8-29(9-7-16)22(31)32/h2-5,11-12,16H,6-9H2,1H3,(H,24,27)(H,26,30)(H,31,32). The highest BCUT2D eigenvalue weighted by Crippen LogP contribution is 2.28. The number of ether oxygens (including phenoxy) is 1. The highest BCUT2D eigenvalue weighted by Gasteiger charge is 2.24. The van der Waals surface area contributed by atoms with Crippen molar-refractivity contribution in [1.29, 1.82) is 5.26 Å². The third-order valence-corrected chi connectivity index (χ3v) is 6.07. The van der Waals surface area contributed by atoms with E-state index in [1.54, 1.807) is 31.2 Å². The Hall–Kier alpha value is -4.24. The molecular formula is C22H21N7O4S. The van der Waals surface area contributed by atoms with E-state index in [0.717, 1.165) is 11.5 Å². The average molecular weight is 480 g/mol. The molecule has 12 heteroatoms. The van der Waals surface area contributed by atoms with Crippen LogP contribution in [0.5, 0.6) is 5.88 Å². The number of hydrogen-bond donors (Lipinski definition) is 3. The lowest BCUT2D eigenvalue weighted by molar-refractivity contribution is 0.0870. The number of piperidine rings is 1. The number of pyridine rings is 2. The van der Waals surface area contributed by atoms with Crippen molar-refractivity contribution in [3.8, 4) is 11.9 Å². The van der Waals surface area contributed by atoms with Crippen LogP contribution in [0.1, 0.15) is 34.5 Å². The molecule has 3 aromatic rings. The number of carbonyl (C=O) groups excluding carboxylic acids is 1. The van der Waals surface area contributed by atoms with Crippen LogP contribution in [-0.4, -0.2) is 55.5 Å². The molecule has 1 aliphatic rings. The summed E-state index contributed by atoms with van der Waals surface area (Å²) in [5, 5.41) is 24.4. The third-order valence-electron chi connectivity index (χ3n) is 5.22. The molecule has 1 fully saturated rings. The largest absolute Gasteiger partial charge is 0.474 e. The van der Waals surface area contributed by atoms with Crippen LogP contribution in [0.3, 0.4) is 0 Å². The quantitative estimate of drug-likeness (QED) is 0.481. The van der Waals surface area contributed by atoms with E-state index in [9.17, 15) is 9.59 Å². The molecule has 3 aromatic heterocycles. The first kappa shape index (κ1) is 22.9. The van der Waals surface area contributed by atoms with Gasteiger partial charge in [-0.25, -0.2) is 14.8 Å². The second kappa shape index (κ2) is 10.1. The number of rotatable bonds is 6. The molecule has 0 bridgehead atoms. The lowest BCUT2D eigenvalue weighted by Gasteiger charge is -2.29. The van der Waals surface area contributed by atoms with Gasteiger partial charge in [0.1, 0.15) is 23.0 Å². The number of nitriles is 1. The number of anilines is 3. The normalized spacial score (nSPS) is 13.7. The van der Waals surface area contributed by atoms with Gasteiger partial charge in [0.15, 0.2) is 0 Å². The van der Waals surface area contributed by atoms with Crippen molar-refractivity contribution in [3.63, 3.8) is 0 Å². The monoisotopic (exact) mass is 479 g/mol. The smallest absolute Gasteiger partial charge is 0.407 e. The van der Waals surface area contributed by atoms with Gasteiger partial charge in [-0.1, -0.05) is 0 Å². The summed E-state index contributed by atoms with van der Waals surface area (Å²) in [7, 11) is 0. The Balaban J connectivity index is 1.37. The van der Waals surface area contributed by atoms with E-state index < -0.39 is 6.09 Å². The number of carbonyl (C=O) groups is 2. The number of carboxylic acid groups (broad SMARTS) is 1. The zero-order valence-corrected chi connectivity index (χ0v) is 19.0. The maximum Gasteiger partial charge on any atom is 0.407 e. The van der Waals surface area contributed by atoms with Crippen LogP contribution in [0.15, 0.2) is 36.7 Å². The Morgan fingerprint density at radius 3 is 2.62 bits per heavy atom. The van der Waals surface area contributed by atoms with Crippen molar-refractivity contribution in [2.24, 2.45) is 0 Å². The molecule has 3 N–H and O–H groups in total. The van der Waals surface area contributed by atoms with Crippen molar-refractivity contribution in [2.75, 3.05) is 23.7 Å². The van der Waals surface area contributed by atoms with Crippen molar-refractivity contribution < 1.29 is 19.4 Å². The van der Waals surface area contributed by atoms with E-state index in [4.69, 9.17) is 15.1 Å². The number of hydrogen-bond acceptors (Lipinski definition) is 9. The topological polar surface area (TPSA) is 153 Å². The minimum atomic E-state index is -0.917. The van der Waals surface area contributed by atoms with E-state index in [1.165, 1.54) is 17.3 Å². The van der Waals surface area contributed by atoms with Crippen LogP contribution < -0.4 is 15.4 Å². The number of amides is 2. The number of aromatic nitrogens is 3. The van der Waals surface area contributed by atoms with Crippen molar-refractivity contribution in [2.45, 2.75) is 25.9 Å². The van der Waals surface area contributed by atoms with Gasteiger partial charge >= 0.3 is 6.09 Å². The molecule has 0 aromatic carbocycles. The summed E-state index contributed by atoms with van der Waals surface area (Å²) in [4.78, 5) is 33.7. The maximum atomic E-state index is 12.9. The second-order valence-electron chi connectivity index (χ2n) is 7.57. The van der Waals surface area contributed by atoms with E-state index in [1.807, 2.05) is 6.07 Å². The van der Waals surface area contributed by atoms with Gasteiger partial charge in [-0.3, -0.25) is 4.79 Å². The zero-order valence-electron chi connectivity index (χ0n) is 18.2. The fraction of sp³-hybridized carbons (Fsp3) is 0.273. The van der Waals surface area contributed by atoms with Crippen LogP contribution in [-0.2, 0) is 0 Å². The van der Waals surface area contributed by atoms with Crippen LogP contribution >= 0.6 is 11.5 Å². The molecule has 11 nitrogen and oxygen atoms in total. The first-order valence-electron chi connectivity index (χ1n) is 10.4. The molecule has 0 atom stereocenters. The highest BCUT2D eigenvalue weighted by molar-refractivity contribution is 7.10. The van der Waals surface area contributed by atoms with Gasteiger partial charge in [-0.05, 0) is 36.7 Å². The lowest BCUT2D eigenvalue weighted by atomic mass is 10.1. The van der Waals surface area contributed by atoms with Gasteiger partial charge in [-0.2, -0.15) is 9.64 Å². The molecule has 0 spiro atoms. The summed E-state index contributed by atoms with van der Waals surface area (Å²) in [6, 6.07) is 8.65. The summed E-state index contributed by atoms with van der Waals surface area (Å²) in [6.45, 7) is 2.60. The minimum Gasteiger partial charge on any atom is -0.474 e. The predicted octanol–water partition coefficient (Wildman–Crippen LogP) is 3.63. The van der Waals surface area contributed by atoms with Gasteiger partial charge in [0.05, 0.1) is 28.7 Å². The molecule has 34 heavy (non-hydrogen) atoms. The second-order valence-corrected chi connectivity index (χ2v) is 8.34. The molecule has 0 radical (unpaired) electrons. The first-order chi connectivity index (χ1) is 16.4. The fourth-order valence-corrected chi connectivity index (χ4v) is 4.23. The molecule has 1 aliphatic heterocycles. The molecule has 0 unspecified atom stereocenters. The van der Waals surface area contributed by atoms with Crippen molar-refractivity contribution >= 4 is 40.0 Å². The summed E-state index contributed by atoms with van der Waals surface area (Å²) >= 11 is 1.14. The van der Waals surface area contributed by atoms with Gasteiger partial charge < -0.3 is 25.4 Å². The number of nitrogens with zero attached hydrogens (tertiary/aromatic N) is 5. The average Bonchev–Trinajstić information content (AvgIpc) is 3.21. The molecule has 1 saturated heterocycles. The maximum absolute atomic E-state index is 12.9. The van der Waals surface area contributed by atoms with Crippen LogP contribution in [0.25, 0.3) is 0 Å². The summed E-state index contributed by atoms with van der Waals surface area (Å²) in [5.74, 6) is 0.558. The molecular weight excluding hydrogens is 458 g/mol. The third kappa shape index (κ3) is 5.38. The molecule has 4 heterocycles. The van der Waals surface area contributed by atoms with Crippen molar-refractivity contribution in [3.05, 3.63) is 53.5 Å². The molecule has 4 rings (SSSR count). The van der Waals surface area contributed by atoms with Crippen LogP contribution in [0, 0.1) is 18.3 Å². The summed E-state index contributed by atoms with van der Waals surface area (Å²) < 4.78 is 10.1. The lowest BCUT2D eigenvalue weighted by Crippen LogP contribution is -2.41. The molecule has 0 aliphatic carbocycles. The van der Waals surface area contributed by atoms with E-state index in [0.29, 0.717) is 65.1 Å².